The first-order valence-electron chi connectivity index (χ1n) is 7.64. The molecule has 1 aromatic rings. The highest BCUT2D eigenvalue weighted by Crippen LogP contribution is 2.25. The van der Waals surface area contributed by atoms with Gasteiger partial charge in [-0.1, -0.05) is 17.7 Å². The maximum absolute atomic E-state index is 13.8. The van der Waals surface area contributed by atoms with E-state index in [1.165, 1.54) is 0 Å². The summed E-state index contributed by atoms with van der Waals surface area (Å²) in [6.07, 6.45) is -2.06. The number of anilines is 1. The van der Waals surface area contributed by atoms with Crippen LogP contribution in [0.3, 0.4) is 0 Å². The zero-order valence-corrected chi connectivity index (χ0v) is 14.9. The second kappa shape index (κ2) is 6.93. The number of halogens is 2. The lowest BCUT2D eigenvalue weighted by Crippen LogP contribution is -2.45. The number of amides is 2. The maximum atomic E-state index is 13.8. The van der Waals surface area contributed by atoms with Crippen molar-refractivity contribution in [1.29, 1.82) is 0 Å². The van der Waals surface area contributed by atoms with Gasteiger partial charge in [-0.3, -0.25) is 9.69 Å². The van der Waals surface area contributed by atoms with E-state index >= 15 is 0 Å². The van der Waals surface area contributed by atoms with E-state index in [0.717, 1.165) is 4.90 Å². The second-order valence-corrected chi connectivity index (χ2v) is 7.16. The predicted molar refractivity (Wildman–Crippen MR) is 88.9 cm³/mol. The number of aromatic nitrogens is 1. The molecule has 0 aromatic carbocycles. The minimum absolute atomic E-state index is 0.0787. The van der Waals surface area contributed by atoms with Gasteiger partial charge in [0.2, 0.25) is 5.91 Å². The molecule has 2 atom stereocenters. The molecule has 132 valence electrons. The minimum Gasteiger partial charge on any atom is -0.444 e. The summed E-state index contributed by atoms with van der Waals surface area (Å²) >= 11 is 5.83. The van der Waals surface area contributed by atoms with E-state index in [4.69, 9.17) is 16.3 Å². The van der Waals surface area contributed by atoms with Crippen molar-refractivity contribution >= 4 is 29.4 Å². The molecule has 0 saturated carbocycles. The monoisotopic (exact) mass is 357 g/mol. The van der Waals surface area contributed by atoms with E-state index in [0.29, 0.717) is 11.4 Å². The third kappa shape index (κ3) is 4.56. The number of rotatable bonds is 2. The summed E-state index contributed by atoms with van der Waals surface area (Å²) in [4.78, 5) is 29.9. The van der Waals surface area contributed by atoms with Crippen molar-refractivity contribution in [2.75, 3.05) is 11.9 Å². The van der Waals surface area contributed by atoms with Crippen LogP contribution in [0.2, 0.25) is 5.15 Å². The van der Waals surface area contributed by atoms with Crippen molar-refractivity contribution in [3.05, 3.63) is 22.8 Å². The molecule has 2 heterocycles. The van der Waals surface area contributed by atoms with E-state index in [-0.39, 0.29) is 18.1 Å². The van der Waals surface area contributed by atoms with Gasteiger partial charge in [0.25, 0.3) is 0 Å². The number of alkyl halides is 1. The van der Waals surface area contributed by atoms with Crippen LogP contribution in [0.25, 0.3) is 0 Å². The standard InChI is InChI=1S/C16H21ClFN3O3/c1-9-5-6-12(17)19-13(9)20-14(22)11-7-10(18)8-21(11)15(23)24-16(2,3)4/h5-6,10-11H,7-8H2,1-4H3,(H,19,20,22)/t10-,11+/m1/s1. The van der Waals surface area contributed by atoms with Crippen molar-refractivity contribution in [2.45, 2.75) is 51.9 Å². The van der Waals surface area contributed by atoms with Gasteiger partial charge in [0.15, 0.2) is 0 Å². The van der Waals surface area contributed by atoms with Gasteiger partial charge in [-0.2, -0.15) is 0 Å². The van der Waals surface area contributed by atoms with Crippen LogP contribution in [0.15, 0.2) is 12.1 Å². The lowest BCUT2D eigenvalue weighted by Gasteiger charge is -2.27. The number of hydrogen-bond acceptors (Lipinski definition) is 4. The number of nitrogens with one attached hydrogen (secondary N) is 1. The summed E-state index contributed by atoms with van der Waals surface area (Å²) in [5.41, 5.74) is -0.0104. The highest BCUT2D eigenvalue weighted by atomic mass is 35.5. The van der Waals surface area contributed by atoms with Gasteiger partial charge in [0.05, 0.1) is 6.54 Å². The largest absolute Gasteiger partial charge is 0.444 e. The average molecular weight is 358 g/mol. The van der Waals surface area contributed by atoms with Crippen LogP contribution in [0.1, 0.15) is 32.8 Å². The van der Waals surface area contributed by atoms with E-state index in [2.05, 4.69) is 10.3 Å². The number of nitrogens with zero attached hydrogens (tertiary/aromatic N) is 2. The second-order valence-electron chi connectivity index (χ2n) is 6.77. The van der Waals surface area contributed by atoms with E-state index < -0.39 is 29.8 Å². The molecule has 0 aliphatic carbocycles. The fraction of sp³-hybridized carbons (Fsp3) is 0.562. The van der Waals surface area contributed by atoms with Gasteiger partial charge >= 0.3 is 6.09 Å². The fourth-order valence-electron chi connectivity index (χ4n) is 2.39. The summed E-state index contributed by atoms with van der Waals surface area (Å²) in [5.74, 6) is -0.224. The number of ether oxygens (including phenoxy) is 1. The molecule has 1 fully saturated rings. The van der Waals surface area contributed by atoms with Gasteiger partial charge in [0, 0.05) is 6.42 Å². The molecule has 0 spiro atoms. The summed E-state index contributed by atoms with van der Waals surface area (Å²) < 4.78 is 19.0. The molecule has 6 nitrogen and oxygen atoms in total. The Morgan fingerprint density at radius 3 is 2.71 bits per heavy atom. The Kier molecular flexibility index (Phi) is 5.32. The fourth-order valence-corrected chi connectivity index (χ4v) is 2.53. The molecule has 2 amide bonds. The van der Waals surface area contributed by atoms with E-state index in [1.807, 2.05) is 0 Å². The van der Waals surface area contributed by atoms with E-state index in [9.17, 15) is 14.0 Å². The van der Waals surface area contributed by atoms with Crippen molar-refractivity contribution in [3.63, 3.8) is 0 Å². The summed E-state index contributed by atoms with van der Waals surface area (Å²) in [5, 5.41) is 2.84. The lowest BCUT2D eigenvalue weighted by atomic mass is 10.2. The van der Waals surface area contributed by atoms with Crippen LogP contribution < -0.4 is 5.32 Å². The Morgan fingerprint density at radius 1 is 1.42 bits per heavy atom. The van der Waals surface area contributed by atoms with Crippen molar-refractivity contribution < 1.29 is 18.7 Å². The van der Waals surface area contributed by atoms with Crippen LogP contribution >= 0.6 is 11.6 Å². The first-order chi connectivity index (χ1) is 11.1. The highest BCUT2D eigenvalue weighted by Gasteiger charge is 2.41. The van der Waals surface area contributed by atoms with Crippen LogP contribution in [-0.2, 0) is 9.53 Å². The quantitative estimate of drug-likeness (QED) is 0.824. The number of carbonyl (C=O) groups is 2. The van der Waals surface area contributed by atoms with E-state index in [1.54, 1.807) is 39.8 Å². The molecule has 1 aliphatic rings. The van der Waals surface area contributed by atoms with Crippen molar-refractivity contribution in [2.24, 2.45) is 0 Å². The zero-order valence-electron chi connectivity index (χ0n) is 14.1. The minimum atomic E-state index is -1.28. The molecule has 2 rings (SSSR count). The Morgan fingerprint density at radius 2 is 2.08 bits per heavy atom. The molecule has 0 radical (unpaired) electrons. The van der Waals surface area contributed by atoms with Crippen LogP contribution in [0.5, 0.6) is 0 Å². The molecule has 0 bridgehead atoms. The van der Waals surface area contributed by atoms with Crippen molar-refractivity contribution in [3.8, 4) is 0 Å². The molecule has 1 saturated heterocycles. The average Bonchev–Trinajstić information content (AvgIpc) is 2.83. The first-order valence-corrected chi connectivity index (χ1v) is 8.02. The van der Waals surface area contributed by atoms with Gasteiger partial charge in [-0.15, -0.1) is 0 Å². The number of hydrogen-bond donors (Lipinski definition) is 1. The summed E-state index contributed by atoms with van der Waals surface area (Å²) in [6.45, 7) is 6.72. The molecule has 24 heavy (non-hydrogen) atoms. The third-order valence-electron chi connectivity index (χ3n) is 3.49. The lowest BCUT2D eigenvalue weighted by molar-refractivity contribution is -0.120. The normalized spacial score (nSPS) is 20.8. The van der Waals surface area contributed by atoms with Gasteiger partial charge in [-0.05, 0) is 39.3 Å². The Hall–Kier alpha value is -1.89. The molecular weight excluding hydrogens is 337 g/mol. The van der Waals surface area contributed by atoms with Gasteiger partial charge in [-0.25, -0.2) is 14.2 Å². The predicted octanol–water partition coefficient (Wildman–Crippen LogP) is 3.33. The van der Waals surface area contributed by atoms with Crippen LogP contribution in [0, 0.1) is 6.92 Å². The zero-order chi connectivity index (χ0) is 18.1. The topological polar surface area (TPSA) is 71.5 Å². The Balaban J connectivity index is 2.14. The van der Waals surface area contributed by atoms with Crippen LogP contribution in [0.4, 0.5) is 15.0 Å². The molecule has 0 unspecified atom stereocenters. The number of likely N-dealkylation sites (tertiary alicyclic amines) is 1. The number of carbonyl (C=O) groups excluding carboxylic acids is 2. The summed E-state index contributed by atoms with van der Waals surface area (Å²) in [6, 6.07) is 2.37. The molecular formula is C16H21ClFN3O3. The third-order valence-corrected chi connectivity index (χ3v) is 3.70. The van der Waals surface area contributed by atoms with Crippen molar-refractivity contribution in [1.82, 2.24) is 9.88 Å². The number of pyridine rings is 1. The van der Waals surface area contributed by atoms with Crippen LogP contribution in [-0.4, -0.2) is 46.2 Å². The van der Waals surface area contributed by atoms with Gasteiger partial charge in [0.1, 0.15) is 28.8 Å². The number of aryl methyl sites for hydroxylation is 1. The molecule has 8 heteroatoms. The molecule has 1 N–H and O–H groups in total. The maximum Gasteiger partial charge on any atom is 0.411 e. The summed E-state index contributed by atoms with van der Waals surface area (Å²) in [7, 11) is 0. The van der Waals surface area contributed by atoms with Gasteiger partial charge < -0.3 is 10.1 Å². The SMILES string of the molecule is Cc1ccc(Cl)nc1NC(=O)[C@@H]1C[C@@H](F)CN1C(=O)OC(C)(C)C. The first kappa shape index (κ1) is 18.4. The molecule has 1 aromatic heterocycles. The highest BCUT2D eigenvalue weighted by molar-refractivity contribution is 6.29. The Labute approximate surface area is 145 Å². The Bertz CT molecular complexity index is 648. The smallest absolute Gasteiger partial charge is 0.411 e. The molecule has 1 aliphatic heterocycles.